The van der Waals surface area contributed by atoms with Gasteiger partial charge in [0.05, 0.1) is 0 Å². The van der Waals surface area contributed by atoms with Crippen molar-refractivity contribution in [1.82, 2.24) is 5.32 Å². The lowest BCUT2D eigenvalue weighted by Crippen LogP contribution is -2.53. The maximum absolute atomic E-state index is 3.93. The third-order valence-electron chi connectivity index (χ3n) is 5.00. The van der Waals surface area contributed by atoms with Crippen molar-refractivity contribution in [3.8, 4) is 0 Å². The van der Waals surface area contributed by atoms with Crippen LogP contribution in [0.4, 0.5) is 5.69 Å². The second kappa shape index (κ2) is 7.06. The lowest BCUT2D eigenvalue weighted by atomic mass is 9.81. The van der Waals surface area contributed by atoms with Crippen LogP contribution < -0.4 is 10.2 Å². The molecular weight excluding hydrogens is 276 g/mol. The van der Waals surface area contributed by atoms with Crippen LogP contribution in [0.5, 0.6) is 0 Å². The SMILES string of the molecule is CCSCCN1CC2(CCCCC2)NCc2ccccc21. The number of nitrogens with one attached hydrogen (secondary N) is 1. The molecule has 1 spiro atoms. The van der Waals surface area contributed by atoms with Gasteiger partial charge < -0.3 is 10.2 Å². The summed E-state index contributed by atoms with van der Waals surface area (Å²) in [6.45, 7) is 5.66. The Labute approximate surface area is 133 Å². The topological polar surface area (TPSA) is 15.3 Å². The predicted octanol–water partition coefficient (Wildman–Crippen LogP) is 4.05. The second-order valence-corrected chi connectivity index (χ2v) is 7.84. The number of nitrogens with zero attached hydrogens (tertiary/aromatic N) is 1. The minimum Gasteiger partial charge on any atom is -0.369 e. The first-order valence-electron chi connectivity index (χ1n) is 8.49. The summed E-state index contributed by atoms with van der Waals surface area (Å²) in [4.78, 5) is 2.66. The molecular formula is C18H28N2S. The van der Waals surface area contributed by atoms with E-state index < -0.39 is 0 Å². The van der Waals surface area contributed by atoms with Gasteiger partial charge in [0, 0.05) is 36.6 Å². The van der Waals surface area contributed by atoms with Gasteiger partial charge in [0.1, 0.15) is 0 Å². The van der Waals surface area contributed by atoms with Crippen molar-refractivity contribution in [3.05, 3.63) is 29.8 Å². The molecule has 3 heteroatoms. The standard InChI is InChI=1S/C18H28N2S/c1-2-21-13-12-20-15-18(10-6-3-7-11-18)19-14-16-8-4-5-9-17(16)20/h4-5,8-9,19H,2-3,6-7,10-15H2,1H3. The van der Waals surface area contributed by atoms with E-state index in [1.807, 2.05) is 0 Å². The fourth-order valence-electron chi connectivity index (χ4n) is 3.84. The number of anilines is 1. The Bertz CT molecular complexity index is 454. The molecule has 1 heterocycles. The molecule has 1 aliphatic carbocycles. The molecule has 1 saturated carbocycles. The maximum atomic E-state index is 3.93. The molecule has 3 rings (SSSR count). The van der Waals surface area contributed by atoms with Crippen molar-refractivity contribution in [2.24, 2.45) is 0 Å². The fourth-order valence-corrected chi connectivity index (χ4v) is 4.48. The van der Waals surface area contributed by atoms with Gasteiger partial charge in [-0.2, -0.15) is 11.8 Å². The molecule has 1 aromatic carbocycles. The third kappa shape index (κ3) is 3.57. The average Bonchev–Trinajstić information content (AvgIpc) is 2.67. The van der Waals surface area contributed by atoms with Gasteiger partial charge in [-0.1, -0.05) is 44.4 Å². The van der Waals surface area contributed by atoms with Crippen LogP contribution in [0.15, 0.2) is 24.3 Å². The Morgan fingerprint density at radius 1 is 1.19 bits per heavy atom. The zero-order valence-electron chi connectivity index (χ0n) is 13.2. The van der Waals surface area contributed by atoms with Crippen LogP contribution in [0, 0.1) is 0 Å². The summed E-state index contributed by atoms with van der Waals surface area (Å²) >= 11 is 2.06. The highest BCUT2D eigenvalue weighted by Gasteiger charge is 2.35. The van der Waals surface area contributed by atoms with Crippen molar-refractivity contribution >= 4 is 17.4 Å². The molecule has 21 heavy (non-hydrogen) atoms. The van der Waals surface area contributed by atoms with Crippen LogP contribution in [-0.2, 0) is 6.54 Å². The van der Waals surface area contributed by atoms with Crippen LogP contribution >= 0.6 is 11.8 Å². The summed E-state index contributed by atoms with van der Waals surface area (Å²) in [6, 6.07) is 8.98. The van der Waals surface area contributed by atoms with E-state index in [0.717, 1.165) is 6.54 Å². The second-order valence-electron chi connectivity index (χ2n) is 6.44. The van der Waals surface area contributed by atoms with Gasteiger partial charge >= 0.3 is 0 Å². The van der Waals surface area contributed by atoms with E-state index in [2.05, 4.69) is 53.2 Å². The summed E-state index contributed by atoms with van der Waals surface area (Å²) in [6.07, 6.45) is 6.89. The number of thioether (sulfide) groups is 1. The van der Waals surface area contributed by atoms with Gasteiger partial charge in [0.15, 0.2) is 0 Å². The number of fused-ring (bicyclic) bond motifs is 1. The molecule has 0 saturated heterocycles. The number of para-hydroxylation sites is 1. The summed E-state index contributed by atoms with van der Waals surface area (Å²) in [5.41, 5.74) is 3.29. The smallest absolute Gasteiger partial charge is 0.0412 e. The Kier molecular flexibility index (Phi) is 5.12. The van der Waals surface area contributed by atoms with Gasteiger partial charge in [0.2, 0.25) is 0 Å². The van der Waals surface area contributed by atoms with Gasteiger partial charge in [-0.05, 0) is 30.2 Å². The monoisotopic (exact) mass is 304 g/mol. The molecule has 0 atom stereocenters. The molecule has 0 aromatic heterocycles. The summed E-state index contributed by atoms with van der Waals surface area (Å²) in [7, 11) is 0. The summed E-state index contributed by atoms with van der Waals surface area (Å²) in [5.74, 6) is 2.46. The number of hydrogen-bond donors (Lipinski definition) is 1. The molecule has 2 nitrogen and oxygen atoms in total. The van der Waals surface area contributed by atoms with E-state index in [0.29, 0.717) is 5.54 Å². The Morgan fingerprint density at radius 2 is 2.00 bits per heavy atom. The zero-order valence-corrected chi connectivity index (χ0v) is 14.1. The van der Waals surface area contributed by atoms with E-state index >= 15 is 0 Å². The highest BCUT2D eigenvalue weighted by atomic mass is 32.2. The maximum Gasteiger partial charge on any atom is 0.0412 e. The lowest BCUT2D eigenvalue weighted by molar-refractivity contribution is 0.237. The van der Waals surface area contributed by atoms with Crippen molar-refractivity contribution in [2.75, 3.05) is 29.5 Å². The molecule has 0 unspecified atom stereocenters. The molecule has 1 aromatic rings. The molecule has 1 N–H and O–H groups in total. The normalized spacial score (nSPS) is 21.1. The highest BCUT2D eigenvalue weighted by Crippen LogP contribution is 2.34. The summed E-state index contributed by atoms with van der Waals surface area (Å²) in [5, 5.41) is 3.93. The number of benzene rings is 1. The third-order valence-corrected chi connectivity index (χ3v) is 5.88. The number of rotatable bonds is 4. The Morgan fingerprint density at radius 3 is 2.81 bits per heavy atom. The molecule has 2 aliphatic rings. The van der Waals surface area contributed by atoms with Crippen molar-refractivity contribution < 1.29 is 0 Å². The molecule has 116 valence electrons. The van der Waals surface area contributed by atoms with E-state index in [1.54, 1.807) is 0 Å². The first-order valence-corrected chi connectivity index (χ1v) is 9.64. The van der Waals surface area contributed by atoms with Gasteiger partial charge in [0.25, 0.3) is 0 Å². The van der Waals surface area contributed by atoms with Gasteiger partial charge in [-0.15, -0.1) is 0 Å². The minimum absolute atomic E-state index is 0.355. The Hall–Kier alpha value is -0.670. The first kappa shape index (κ1) is 15.2. The van der Waals surface area contributed by atoms with Crippen LogP contribution in [-0.4, -0.2) is 30.1 Å². The van der Waals surface area contributed by atoms with E-state index in [4.69, 9.17) is 0 Å². The van der Waals surface area contributed by atoms with Gasteiger partial charge in [-0.3, -0.25) is 0 Å². The molecule has 0 amide bonds. The average molecular weight is 305 g/mol. The van der Waals surface area contributed by atoms with Crippen molar-refractivity contribution in [3.63, 3.8) is 0 Å². The first-order chi connectivity index (χ1) is 10.3. The lowest BCUT2D eigenvalue weighted by Gasteiger charge is -2.40. The Balaban J connectivity index is 1.81. The van der Waals surface area contributed by atoms with Crippen molar-refractivity contribution in [2.45, 2.75) is 51.1 Å². The van der Waals surface area contributed by atoms with E-state index in [1.165, 1.54) is 68.0 Å². The van der Waals surface area contributed by atoms with Crippen LogP contribution in [0.3, 0.4) is 0 Å². The molecule has 1 fully saturated rings. The molecule has 0 bridgehead atoms. The van der Waals surface area contributed by atoms with Crippen molar-refractivity contribution in [1.29, 1.82) is 0 Å². The van der Waals surface area contributed by atoms with Crippen LogP contribution in [0.2, 0.25) is 0 Å². The van der Waals surface area contributed by atoms with E-state index in [9.17, 15) is 0 Å². The molecule has 1 aliphatic heterocycles. The zero-order chi connectivity index (χ0) is 14.5. The van der Waals surface area contributed by atoms with Crippen LogP contribution in [0.1, 0.15) is 44.6 Å². The van der Waals surface area contributed by atoms with Gasteiger partial charge in [-0.25, -0.2) is 0 Å². The minimum atomic E-state index is 0.355. The fraction of sp³-hybridized carbons (Fsp3) is 0.667. The predicted molar refractivity (Wildman–Crippen MR) is 94.3 cm³/mol. The largest absolute Gasteiger partial charge is 0.369 e. The number of hydrogen-bond acceptors (Lipinski definition) is 3. The van der Waals surface area contributed by atoms with Crippen LogP contribution in [0.25, 0.3) is 0 Å². The summed E-state index contributed by atoms with van der Waals surface area (Å²) < 4.78 is 0. The quantitative estimate of drug-likeness (QED) is 0.845. The molecule has 0 radical (unpaired) electrons. The highest BCUT2D eigenvalue weighted by molar-refractivity contribution is 7.99. The van der Waals surface area contributed by atoms with E-state index in [-0.39, 0.29) is 0 Å².